The van der Waals surface area contributed by atoms with Crippen LogP contribution in [0.4, 0.5) is 5.69 Å². The SMILES string of the molecule is CCS(=O)Nc1ccc(-c2c(C#N)c3ccc(OCc4cccnc4)cc3n2C)cc1. The number of pyridine rings is 1. The van der Waals surface area contributed by atoms with Crippen molar-refractivity contribution in [3.63, 3.8) is 0 Å². The summed E-state index contributed by atoms with van der Waals surface area (Å²) in [4.78, 5) is 4.11. The molecule has 31 heavy (non-hydrogen) atoms. The van der Waals surface area contributed by atoms with Crippen LogP contribution in [0.3, 0.4) is 0 Å². The normalized spacial score (nSPS) is 11.8. The number of hydrogen-bond acceptors (Lipinski definition) is 4. The second kappa shape index (κ2) is 9.02. The van der Waals surface area contributed by atoms with Crippen LogP contribution in [0, 0.1) is 11.3 Å². The van der Waals surface area contributed by atoms with Crippen LogP contribution in [0.1, 0.15) is 18.1 Å². The average molecular weight is 431 g/mol. The van der Waals surface area contributed by atoms with Gasteiger partial charge in [0.1, 0.15) is 29.4 Å². The molecule has 1 N–H and O–H groups in total. The Morgan fingerprint density at radius 2 is 2.00 bits per heavy atom. The number of ether oxygens (including phenoxy) is 1. The molecule has 0 bridgehead atoms. The Morgan fingerprint density at radius 3 is 2.68 bits per heavy atom. The average Bonchev–Trinajstić information content (AvgIpc) is 3.10. The van der Waals surface area contributed by atoms with Gasteiger partial charge in [-0.1, -0.05) is 25.1 Å². The zero-order chi connectivity index (χ0) is 21.8. The molecule has 4 aromatic rings. The molecule has 7 heteroatoms. The van der Waals surface area contributed by atoms with E-state index in [0.29, 0.717) is 17.9 Å². The third-order valence-corrected chi connectivity index (χ3v) is 6.05. The molecule has 1 unspecified atom stereocenters. The van der Waals surface area contributed by atoms with Crippen molar-refractivity contribution in [3.05, 3.63) is 78.1 Å². The molecule has 6 nitrogen and oxygen atoms in total. The van der Waals surface area contributed by atoms with E-state index in [1.807, 2.05) is 73.1 Å². The van der Waals surface area contributed by atoms with Crippen molar-refractivity contribution in [3.8, 4) is 23.1 Å². The van der Waals surface area contributed by atoms with Crippen LogP contribution in [0.5, 0.6) is 5.75 Å². The number of aromatic nitrogens is 2. The molecule has 0 spiro atoms. The first-order valence-corrected chi connectivity index (χ1v) is 11.2. The predicted molar refractivity (Wildman–Crippen MR) is 124 cm³/mol. The van der Waals surface area contributed by atoms with Crippen LogP contribution in [-0.2, 0) is 24.6 Å². The van der Waals surface area contributed by atoms with Gasteiger partial charge in [0.15, 0.2) is 0 Å². The Hall–Kier alpha value is -3.63. The Labute approximate surface area is 183 Å². The number of nitrogens with one attached hydrogen (secondary N) is 1. The number of rotatable bonds is 7. The fourth-order valence-electron chi connectivity index (χ4n) is 3.51. The maximum atomic E-state index is 11.7. The third-order valence-electron chi connectivity index (χ3n) is 5.06. The largest absolute Gasteiger partial charge is 0.489 e. The molecule has 0 radical (unpaired) electrons. The number of aryl methyl sites for hydroxylation is 1. The number of hydrogen-bond donors (Lipinski definition) is 1. The first kappa shape index (κ1) is 20.6. The fourth-order valence-corrected chi connectivity index (χ4v) is 4.05. The van der Waals surface area contributed by atoms with Gasteiger partial charge in [-0.3, -0.25) is 4.98 Å². The van der Waals surface area contributed by atoms with Crippen molar-refractivity contribution < 1.29 is 8.95 Å². The van der Waals surface area contributed by atoms with Gasteiger partial charge in [-0.25, -0.2) is 4.21 Å². The Morgan fingerprint density at radius 1 is 1.19 bits per heavy atom. The lowest BCUT2D eigenvalue weighted by Gasteiger charge is -2.09. The molecule has 0 fully saturated rings. The van der Waals surface area contributed by atoms with Gasteiger partial charge in [-0.15, -0.1) is 0 Å². The molecule has 0 amide bonds. The van der Waals surface area contributed by atoms with Crippen molar-refractivity contribution in [2.75, 3.05) is 10.5 Å². The molecule has 156 valence electrons. The molecule has 2 aromatic carbocycles. The van der Waals surface area contributed by atoms with Crippen molar-refractivity contribution in [2.45, 2.75) is 13.5 Å². The third kappa shape index (κ3) is 4.30. The maximum absolute atomic E-state index is 11.7. The summed E-state index contributed by atoms with van der Waals surface area (Å²) in [6.45, 7) is 2.29. The molecule has 0 aliphatic carbocycles. The second-order valence-electron chi connectivity index (χ2n) is 7.04. The Bertz CT molecular complexity index is 1280. The van der Waals surface area contributed by atoms with Gasteiger partial charge >= 0.3 is 0 Å². The predicted octanol–water partition coefficient (Wildman–Crippen LogP) is 4.79. The lowest BCUT2D eigenvalue weighted by atomic mass is 10.1. The zero-order valence-electron chi connectivity index (χ0n) is 17.3. The van der Waals surface area contributed by atoms with Crippen molar-refractivity contribution in [2.24, 2.45) is 7.05 Å². The summed E-state index contributed by atoms with van der Waals surface area (Å²) in [5.74, 6) is 1.27. The number of anilines is 1. The van der Waals surface area contributed by atoms with E-state index in [9.17, 15) is 9.47 Å². The number of nitriles is 1. The van der Waals surface area contributed by atoms with E-state index < -0.39 is 11.0 Å². The van der Waals surface area contributed by atoms with Crippen LogP contribution in [0.25, 0.3) is 22.2 Å². The summed E-state index contributed by atoms with van der Waals surface area (Å²) < 4.78 is 22.6. The van der Waals surface area contributed by atoms with Gasteiger partial charge in [0, 0.05) is 47.9 Å². The molecule has 0 saturated heterocycles. The van der Waals surface area contributed by atoms with Crippen LogP contribution in [0.2, 0.25) is 0 Å². The first-order valence-electron chi connectivity index (χ1n) is 9.90. The highest BCUT2D eigenvalue weighted by Gasteiger charge is 2.17. The zero-order valence-corrected chi connectivity index (χ0v) is 18.1. The molecule has 0 aliphatic rings. The van der Waals surface area contributed by atoms with E-state index in [-0.39, 0.29) is 0 Å². The van der Waals surface area contributed by atoms with Gasteiger partial charge in [0.2, 0.25) is 0 Å². The highest BCUT2D eigenvalue weighted by molar-refractivity contribution is 7.86. The lowest BCUT2D eigenvalue weighted by molar-refractivity contribution is 0.306. The summed E-state index contributed by atoms with van der Waals surface area (Å²) in [5, 5.41) is 10.7. The van der Waals surface area contributed by atoms with E-state index in [1.165, 1.54) is 0 Å². The number of fused-ring (bicyclic) bond motifs is 1. The van der Waals surface area contributed by atoms with Gasteiger partial charge in [0.05, 0.1) is 16.8 Å². The molecule has 2 heterocycles. The molecular formula is C24H22N4O2S. The summed E-state index contributed by atoms with van der Waals surface area (Å²) in [6.07, 6.45) is 3.51. The topological polar surface area (TPSA) is 79.9 Å². The summed E-state index contributed by atoms with van der Waals surface area (Å²) in [7, 11) is 0.850. The monoisotopic (exact) mass is 430 g/mol. The van der Waals surface area contributed by atoms with E-state index in [2.05, 4.69) is 15.8 Å². The summed E-state index contributed by atoms with van der Waals surface area (Å²) >= 11 is 0. The van der Waals surface area contributed by atoms with Crippen molar-refractivity contribution in [1.29, 1.82) is 5.26 Å². The second-order valence-corrected chi connectivity index (χ2v) is 8.51. The minimum Gasteiger partial charge on any atom is -0.489 e. The molecule has 4 rings (SSSR count). The van der Waals surface area contributed by atoms with Gasteiger partial charge < -0.3 is 14.0 Å². The first-order chi connectivity index (χ1) is 15.1. The van der Waals surface area contributed by atoms with Crippen molar-refractivity contribution in [1.82, 2.24) is 9.55 Å². The van der Waals surface area contributed by atoms with Crippen LogP contribution in [-0.4, -0.2) is 19.5 Å². The molecule has 0 aliphatic heterocycles. The minimum atomic E-state index is -1.10. The van der Waals surface area contributed by atoms with E-state index in [1.54, 1.807) is 12.4 Å². The molecule has 2 aromatic heterocycles. The fraction of sp³-hybridized carbons (Fsp3) is 0.167. The van der Waals surface area contributed by atoms with E-state index in [4.69, 9.17) is 4.74 Å². The molecule has 0 saturated carbocycles. The van der Waals surface area contributed by atoms with Gasteiger partial charge in [0.25, 0.3) is 0 Å². The van der Waals surface area contributed by atoms with E-state index >= 15 is 0 Å². The minimum absolute atomic E-state index is 0.426. The number of benzene rings is 2. The van der Waals surface area contributed by atoms with Crippen LogP contribution >= 0.6 is 0 Å². The molecular weight excluding hydrogens is 408 g/mol. The molecule has 1 atom stereocenters. The van der Waals surface area contributed by atoms with Crippen LogP contribution in [0.15, 0.2) is 67.0 Å². The highest BCUT2D eigenvalue weighted by Crippen LogP contribution is 2.35. The van der Waals surface area contributed by atoms with E-state index in [0.717, 1.165) is 39.2 Å². The quantitative estimate of drug-likeness (QED) is 0.457. The van der Waals surface area contributed by atoms with Crippen LogP contribution < -0.4 is 9.46 Å². The standard InChI is InChI=1S/C24H22N4O2S/c1-3-31(29)27-19-8-6-18(7-9-19)24-22(14-25)21-11-10-20(13-23(21)28(24)2)30-16-17-5-4-12-26-15-17/h4-13,15,27H,3,16H2,1-2H3. The van der Waals surface area contributed by atoms with Gasteiger partial charge in [-0.05, 0) is 35.9 Å². The number of nitrogens with zero attached hydrogens (tertiary/aromatic N) is 3. The Kier molecular flexibility index (Phi) is 6.01. The lowest BCUT2D eigenvalue weighted by Crippen LogP contribution is -2.05. The van der Waals surface area contributed by atoms with Gasteiger partial charge in [-0.2, -0.15) is 5.26 Å². The summed E-state index contributed by atoms with van der Waals surface area (Å²) in [5.41, 5.74) is 5.07. The highest BCUT2D eigenvalue weighted by atomic mass is 32.2. The Balaban J connectivity index is 1.67. The smallest absolute Gasteiger partial charge is 0.121 e. The van der Waals surface area contributed by atoms with Crippen molar-refractivity contribution >= 4 is 27.6 Å². The summed E-state index contributed by atoms with van der Waals surface area (Å²) in [6, 6.07) is 19.6. The maximum Gasteiger partial charge on any atom is 0.121 e.